The molecule has 3 nitrogen and oxygen atoms in total. The molecule has 1 rings (SSSR count). The van der Waals surface area contributed by atoms with Gasteiger partial charge in [0.15, 0.2) is 0 Å². The summed E-state index contributed by atoms with van der Waals surface area (Å²) in [4.78, 5) is 9.25. The molecule has 0 fully saturated rings. The zero-order valence-corrected chi connectivity index (χ0v) is 6.21. The Morgan fingerprint density at radius 2 is 1.86 bits per heavy atom. The molecule has 0 radical (unpaired) electrons. The van der Waals surface area contributed by atoms with E-state index in [1.165, 1.54) is 0 Å². The molecule has 0 aliphatic heterocycles. The zero-order valence-electron chi connectivity index (χ0n) is 6.21. The van der Waals surface area contributed by atoms with E-state index in [4.69, 9.17) is 0 Å². The zero-order chi connectivity index (χ0) is 10.1. The summed E-state index contributed by atoms with van der Waals surface area (Å²) in [5.74, 6) is 0. The Labute approximate surface area is 99.4 Å². The quantitative estimate of drug-likeness (QED) is 0.408. The van der Waals surface area contributed by atoms with Gasteiger partial charge in [0.2, 0.25) is 0 Å². The second kappa shape index (κ2) is 4.77. The van der Waals surface area contributed by atoms with E-state index in [1.807, 2.05) is 0 Å². The van der Waals surface area contributed by atoms with Crippen molar-refractivity contribution in [3.63, 3.8) is 0 Å². The van der Waals surface area contributed by atoms with Crippen LogP contribution in [0, 0.1) is 10.1 Å². The molecule has 0 saturated carbocycles. The van der Waals surface area contributed by atoms with Gasteiger partial charge in [0, 0.05) is 12.1 Å². The van der Waals surface area contributed by atoms with Crippen LogP contribution in [0.2, 0.25) is 0 Å². The van der Waals surface area contributed by atoms with E-state index in [0.29, 0.717) is 6.07 Å². The Morgan fingerprint density at radius 1 is 1.29 bits per heavy atom. The molecule has 7 heteroatoms. The monoisotopic (exact) mass is 215 g/mol. The third kappa shape index (κ3) is 3.28. The fourth-order valence-corrected chi connectivity index (χ4v) is 0.796. The molecule has 1 aromatic rings. The van der Waals surface area contributed by atoms with Crippen molar-refractivity contribution < 1.29 is 18.1 Å². The second-order valence-electron chi connectivity index (χ2n) is 2.31. The molecule has 0 unspecified atom stereocenters. The summed E-state index contributed by atoms with van der Waals surface area (Å²) in [6, 6.07) is 3.29. The number of nitro groups is 1. The number of non-ortho nitro benzene ring substituents is 1. The molecule has 0 aromatic heterocycles. The molecule has 1 aromatic carbocycles. The molecule has 0 aliphatic rings. The Morgan fingerprint density at radius 3 is 2.29 bits per heavy atom. The third-order valence-electron chi connectivity index (χ3n) is 1.38. The van der Waals surface area contributed by atoms with E-state index in [0.717, 1.165) is 18.2 Å². The first-order valence-electron chi connectivity index (χ1n) is 3.23. The summed E-state index contributed by atoms with van der Waals surface area (Å²) in [5.41, 5.74) is -1.57. The first kappa shape index (κ1) is 13.4. The maximum atomic E-state index is 12.0. The predicted molar refractivity (Wildman–Crippen MR) is 45.2 cm³/mol. The first-order chi connectivity index (χ1) is 5.91. The number of halogens is 3. The van der Waals surface area contributed by atoms with Crippen molar-refractivity contribution in [1.29, 1.82) is 0 Å². The summed E-state index contributed by atoms with van der Waals surface area (Å²) >= 11 is 0. The van der Waals surface area contributed by atoms with Crippen LogP contribution in [-0.2, 0) is 6.18 Å². The Kier molecular flexibility index (Phi) is 4.57. The van der Waals surface area contributed by atoms with Gasteiger partial charge in [-0.2, -0.15) is 13.2 Å². The van der Waals surface area contributed by atoms with Crippen LogP contribution >= 0.6 is 0 Å². The normalized spacial score (nSPS) is 10.5. The molecular weight excluding hydrogens is 210 g/mol. The van der Waals surface area contributed by atoms with E-state index in [9.17, 15) is 23.3 Å². The van der Waals surface area contributed by atoms with Crippen LogP contribution in [-0.4, -0.2) is 34.5 Å². The van der Waals surface area contributed by atoms with E-state index in [-0.39, 0.29) is 29.6 Å². The number of benzene rings is 1. The van der Waals surface area contributed by atoms with Crippen molar-refractivity contribution in [3.05, 3.63) is 39.9 Å². The molecule has 0 N–H and O–H groups in total. The van der Waals surface area contributed by atoms with E-state index in [2.05, 4.69) is 0 Å². The number of nitrogens with zero attached hydrogens (tertiary/aromatic N) is 1. The maximum absolute atomic E-state index is 12.0. The average molecular weight is 215 g/mol. The number of alkyl halides is 3. The van der Waals surface area contributed by atoms with Crippen LogP contribution in [0.15, 0.2) is 24.3 Å². The van der Waals surface area contributed by atoms with Gasteiger partial charge in [0.25, 0.3) is 5.69 Å². The molecule has 0 saturated heterocycles. The summed E-state index contributed by atoms with van der Waals surface area (Å²) in [6.45, 7) is 0. The molecule has 0 amide bonds. The van der Waals surface area contributed by atoms with Crippen molar-refractivity contribution in [2.24, 2.45) is 0 Å². The van der Waals surface area contributed by atoms with Gasteiger partial charge in [-0.1, -0.05) is 6.07 Å². The molecule has 0 bridgehead atoms. The van der Waals surface area contributed by atoms with E-state index >= 15 is 0 Å². The fraction of sp³-hybridized carbons (Fsp3) is 0.143. The van der Waals surface area contributed by atoms with Crippen LogP contribution in [0.4, 0.5) is 18.9 Å². The van der Waals surface area contributed by atoms with Gasteiger partial charge in [-0.3, -0.25) is 10.1 Å². The SMILES string of the molecule is O=[N+]([O-])c1cccc(C(F)(F)F)c1.[NaH]. The molecule has 0 heterocycles. The molecule has 0 spiro atoms. The first-order valence-corrected chi connectivity index (χ1v) is 3.23. The van der Waals surface area contributed by atoms with Gasteiger partial charge in [-0.25, -0.2) is 0 Å². The molecular formula is C7H5F3NNaO2. The molecule has 0 aliphatic carbocycles. The minimum atomic E-state index is -4.54. The Hall–Kier alpha value is -0.590. The number of nitro benzene ring substituents is 1. The minimum absolute atomic E-state index is 0. The molecule has 14 heavy (non-hydrogen) atoms. The summed E-state index contributed by atoms with van der Waals surface area (Å²) in [7, 11) is 0. The third-order valence-corrected chi connectivity index (χ3v) is 1.38. The van der Waals surface area contributed by atoms with Crippen molar-refractivity contribution in [3.8, 4) is 0 Å². The van der Waals surface area contributed by atoms with Crippen LogP contribution in [0.3, 0.4) is 0 Å². The van der Waals surface area contributed by atoms with Crippen molar-refractivity contribution in [1.82, 2.24) is 0 Å². The van der Waals surface area contributed by atoms with Gasteiger partial charge < -0.3 is 0 Å². The summed E-state index contributed by atoms with van der Waals surface area (Å²) in [6.07, 6.45) is -4.54. The molecule has 0 atom stereocenters. The molecule has 72 valence electrons. The van der Waals surface area contributed by atoms with Crippen LogP contribution in [0.5, 0.6) is 0 Å². The van der Waals surface area contributed by atoms with Gasteiger partial charge >= 0.3 is 35.7 Å². The van der Waals surface area contributed by atoms with E-state index < -0.39 is 22.4 Å². The average Bonchev–Trinajstić information content (AvgIpc) is 2.03. The summed E-state index contributed by atoms with van der Waals surface area (Å²) in [5, 5.41) is 10.1. The Bertz CT molecular complexity index is 340. The van der Waals surface area contributed by atoms with Gasteiger partial charge in [0.05, 0.1) is 10.5 Å². The van der Waals surface area contributed by atoms with Crippen molar-refractivity contribution in [2.75, 3.05) is 0 Å². The number of rotatable bonds is 1. The topological polar surface area (TPSA) is 43.1 Å². The number of hydrogen-bond donors (Lipinski definition) is 0. The van der Waals surface area contributed by atoms with Crippen molar-refractivity contribution in [2.45, 2.75) is 6.18 Å². The van der Waals surface area contributed by atoms with Crippen molar-refractivity contribution >= 4 is 35.2 Å². The van der Waals surface area contributed by atoms with Gasteiger partial charge in [-0.15, -0.1) is 0 Å². The van der Waals surface area contributed by atoms with Crippen LogP contribution in [0.25, 0.3) is 0 Å². The predicted octanol–water partition coefficient (Wildman–Crippen LogP) is 1.97. The number of hydrogen-bond acceptors (Lipinski definition) is 2. The Balaban J connectivity index is 0.00000169. The summed E-state index contributed by atoms with van der Waals surface area (Å²) < 4.78 is 36.0. The van der Waals surface area contributed by atoms with Crippen LogP contribution in [0.1, 0.15) is 5.56 Å². The fourth-order valence-electron chi connectivity index (χ4n) is 0.796. The van der Waals surface area contributed by atoms with Crippen LogP contribution < -0.4 is 0 Å². The van der Waals surface area contributed by atoms with Gasteiger partial charge in [0.1, 0.15) is 0 Å². The standard InChI is InChI=1S/C7H4F3NO2.Na.H/c8-7(9,10)5-2-1-3-6(4-5)11(12)13;;/h1-4H;;. The van der Waals surface area contributed by atoms with Gasteiger partial charge in [-0.05, 0) is 6.07 Å². The van der Waals surface area contributed by atoms with E-state index in [1.54, 1.807) is 0 Å². The second-order valence-corrected chi connectivity index (χ2v) is 2.31.